The van der Waals surface area contributed by atoms with Gasteiger partial charge in [0.25, 0.3) is 11.8 Å². The minimum Gasteiger partial charge on any atom is -0.379 e. The number of benzene rings is 3. The fourth-order valence-corrected chi connectivity index (χ4v) is 13.9. The van der Waals surface area contributed by atoms with Gasteiger partial charge >= 0.3 is 6.18 Å². The summed E-state index contributed by atoms with van der Waals surface area (Å²) < 4.78 is 74.7. The van der Waals surface area contributed by atoms with E-state index in [2.05, 4.69) is 30.1 Å². The summed E-state index contributed by atoms with van der Waals surface area (Å²) in [5.74, 6) is -0.223. The van der Waals surface area contributed by atoms with Crippen LogP contribution in [0.5, 0.6) is 0 Å². The van der Waals surface area contributed by atoms with E-state index in [4.69, 9.17) is 9.47 Å². The Morgan fingerprint density at radius 2 is 1.51 bits per heavy atom. The number of likely N-dealkylation sites (tertiary alicyclic amines) is 1. The zero-order chi connectivity index (χ0) is 53.9. The number of nitrogens with zero attached hydrogens (tertiary/aromatic N) is 9. The van der Waals surface area contributed by atoms with E-state index in [1.54, 1.807) is 28.9 Å². The fraction of sp³-hybridized carbons (Fsp3) is 0.586. The van der Waals surface area contributed by atoms with Crippen molar-refractivity contribution in [2.75, 3.05) is 88.5 Å². The molecule has 1 aromatic heterocycles. The number of carbonyl (C=O) groups excluding carboxylic acids is 4. The normalized spacial score (nSPS) is 25.6. The summed E-state index contributed by atoms with van der Waals surface area (Å²) in [6, 6.07) is 13.1. The molecule has 0 spiro atoms. The number of ether oxygens (including phenoxy) is 2. The van der Waals surface area contributed by atoms with Crippen molar-refractivity contribution in [1.82, 2.24) is 39.7 Å². The summed E-state index contributed by atoms with van der Waals surface area (Å²) in [4.78, 5) is 68.3. The van der Waals surface area contributed by atoms with Crippen LogP contribution in [0.2, 0.25) is 0 Å². The first-order chi connectivity index (χ1) is 37.6. The van der Waals surface area contributed by atoms with Crippen molar-refractivity contribution in [1.29, 1.82) is 0 Å². The molecule has 1 N–H and O–H groups in total. The zero-order valence-corrected chi connectivity index (χ0v) is 44.5. The predicted octanol–water partition coefficient (Wildman–Crippen LogP) is 6.48. The minimum absolute atomic E-state index is 0.0108. The fourth-order valence-electron chi connectivity index (χ4n) is 13.9. The van der Waals surface area contributed by atoms with Crippen LogP contribution < -0.4 is 15.1 Å². The molecule has 1 aliphatic carbocycles. The van der Waals surface area contributed by atoms with Crippen LogP contribution >= 0.6 is 0 Å². The van der Waals surface area contributed by atoms with E-state index < -0.39 is 35.4 Å². The van der Waals surface area contributed by atoms with Crippen molar-refractivity contribution in [3.63, 3.8) is 0 Å². The highest BCUT2D eigenvalue weighted by Gasteiger charge is 2.45. The number of piperidine rings is 3. The summed E-state index contributed by atoms with van der Waals surface area (Å²) in [5.41, 5.74) is 2.15. The summed E-state index contributed by atoms with van der Waals surface area (Å²) in [7, 11) is 1.84. The molecule has 7 aliphatic heterocycles. The number of fused-ring (bicyclic) bond motifs is 2. The molecule has 3 aromatic carbocycles. The average molecular weight is 1080 g/mol. The van der Waals surface area contributed by atoms with Crippen LogP contribution in [0.3, 0.4) is 0 Å². The molecule has 2 atom stereocenters. The lowest BCUT2D eigenvalue weighted by molar-refractivity contribution is -0.138. The second-order valence-corrected chi connectivity index (χ2v) is 23.5. The largest absolute Gasteiger partial charge is 0.416 e. The Balaban J connectivity index is 0.579. The summed E-state index contributed by atoms with van der Waals surface area (Å²) in [6.45, 7) is 10.2. The molecule has 1 saturated carbocycles. The molecule has 0 bridgehead atoms. The van der Waals surface area contributed by atoms with Crippen molar-refractivity contribution in [2.45, 2.75) is 120 Å². The number of aryl methyl sites for hydroxylation is 1. The number of anilines is 2. The van der Waals surface area contributed by atoms with Crippen LogP contribution in [0.25, 0.3) is 0 Å². The monoisotopic (exact) mass is 1080 g/mol. The van der Waals surface area contributed by atoms with Gasteiger partial charge in [-0.2, -0.15) is 18.3 Å². The Morgan fingerprint density at radius 1 is 0.769 bits per heavy atom. The van der Waals surface area contributed by atoms with Crippen LogP contribution in [0.1, 0.15) is 119 Å². The van der Waals surface area contributed by atoms with E-state index in [1.807, 2.05) is 30.1 Å². The highest BCUT2D eigenvalue weighted by Crippen LogP contribution is 2.43. The molecule has 4 amide bonds. The van der Waals surface area contributed by atoms with E-state index in [-0.39, 0.29) is 72.1 Å². The van der Waals surface area contributed by atoms with Crippen LogP contribution in [0, 0.1) is 17.7 Å². The van der Waals surface area contributed by atoms with Gasteiger partial charge in [0.2, 0.25) is 11.8 Å². The second kappa shape index (κ2) is 21.7. The smallest absolute Gasteiger partial charge is 0.379 e. The summed E-state index contributed by atoms with van der Waals surface area (Å²) >= 11 is 0. The van der Waals surface area contributed by atoms with E-state index >= 15 is 4.39 Å². The van der Waals surface area contributed by atoms with Crippen molar-refractivity contribution >= 4 is 35.0 Å². The lowest BCUT2D eigenvalue weighted by atomic mass is 9.75. The molecule has 20 heteroatoms. The lowest BCUT2D eigenvalue weighted by Gasteiger charge is -2.42. The molecule has 6 fully saturated rings. The van der Waals surface area contributed by atoms with Gasteiger partial charge in [-0.15, -0.1) is 0 Å². The third-order valence-corrected chi connectivity index (χ3v) is 18.3. The van der Waals surface area contributed by atoms with Gasteiger partial charge in [-0.25, -0.2) is 9.37 Å². The molecular formula is C58H70F4N10O6. The standard InChI is InChI=1S/C58H70F4N10O6/c1-66-51(63-36-64-66)27-57(34-77-35-57)40-5-2-6-41(26-40)71-32-46-45(56(71)76)24-39(25-48(46)58(60,61)62)31-69-17-3-4-38(30-69)29-68-22-20-67(21-23-68)28-37-7-9-42(10-8-37)78-43-15-18-70(19-16-43)49-12-11-44-47(53(49)59)33-72(55(44)75)50-13-14-52(73)65-54(50)74/h2,5-6,11-12,24-26,36-38,42-43,50H,3-4,7-10,13-23,27-35H2,1H3,(H,65,73,74)/t37?,38-,42?,50?/m1/s1. The Kier molecular flexibility index (Phi) is 14.7. The number of rotatable bonds is 14. The molecule has 78 heavy (non-hydrogen) atoms. The summed E-state index contributed by atoms with van der Waals surface area (Å²) in [5, 5.41) is 6.51. The second-order valence-electron chi connectivity index (χ2n) is 23.5. The highest BCUT2D eigenvalue weighted by molar-refractivity contribution is 6.10. The van der Waals surface area contributed by atoms with Gasteiger partial charge in [-0.1, -0.05) is 12.1 Å². The van der Waals surface area contributed by atoms with E-state index in [0.717, 1.165) is 115 Å². The summed E-state index contributed by atoms with van der Waals surface area (Å²) in [6.07, 6.45) is 6.21. The molecule has 8 aliphatic rings. The molecule has 1 unspecified atom stereocenters. The highest BCUT2D eigenvalue weighted by atomic mass is 19.4. The van der Waals surface area contributed by atoms with E-state index in [0.29, 0.717) is 73.6 Å². The minimum atomic E-state index is -4.61. The first kappa shape index (κ1) is 52.9. The van der Waals surface area contributed by atoms with Crippen molar-refractivity contribution in [3.05, 3.63) is 105 Å². The number of alkyl halides is 3. The van der Waals surface area contributed by atoms with Gasteiger partial charge in [0.1, 0.15) is 18.2 Å². The third-order valence-electron chi connectivity index (χ3n) is 18.3. The number of halogens is 4. The van der Waals surface area contributed by atoms with Crippen LogP contribution in [-0.2, 0) is 63.8 Å². The van der Waals surface area contributed by atoms with Gasteiger partial charge < -0.3 is 34.0 Å². The number of nitrogens with one attached hydrogen (secondary N) is 1. The molecule has 5 saturated heterocycles. The van der Waals surface area contributed by atoms with Crippen molar-refractivity contribution in [2.24, 2.45) is 18.9 Å². The molecule has 16 nitrogen and oxygen atoms in total. The lowest BCUT2D eigenvalue weighted by Crippen LogP contribution is -2.52. The number of hydrogen-bond donors (Lipinski definition) is 1. The maximum Gasteiger partial charge on any atom is 0.416 e. The number of piperazine rings is 1. The quantitative estimate of drug-likeness (QED) is 0.109. The van der Waals surface area contributed by atoms with Gasteiger partial charge in [0, 0.05) is 113 Å². The Bertz CT molecular complexity index is 2920. The van der Waals surface area contributed by atoms with Crippen LogP contribution in [0.4, 0.5) is 28.9 Å². The number of carbonyl (C=O) groups is 4. The third kappa shape index (κ3) is 10.7. The van der Waals surface area contributed by atoms with Crippen molar-refractivity contribution < 1.29 is 46.2 Å². The number of imide groups is 1. The molecule has 416 valence electrons. The predicted molar refractivity (Wildman–Crippen MR) is 281 cm³/mol. The first-order valence-electron chi connectivity index (χ1n) is 28.2. The topological polar surface area (TPSA) is 149 Å². The Morgan fingerprint density at radius 3 is 2.21 bits per heavy atom. The molecule has 0 radical (unpaired) electrons. The average Bonchev–Trinajstić information content (AvgIpc) is 4.23. The molecular weight excluding hydrogens is 1010 g/mol. The SMILES string of the molecule is Cn1ncnc1CC1(c2cccc(N3Cc4c(cc(CN5CCC[C@H](CN6CCN(CC7CCC(OC8CCN(c9ccc%10c(c9F)CN(C9CCC(=O)NC9=O)C%10=O)CC8)CC7)CC6)C5)cc4C(F)(F)F)C3=O)c2)COC1. The van der Waals surface area contributed by atoms with Crippen LogP contribution in [0.15, 0.2) is 54.9 Å². The van der Waals surface area contributed by atoms with Crippen molar-refractivity contribution in [3.8, 4) is 0 Å². The van der Waals surface area contributed by atoms with E-state index in [9.17, 15) is 32.3 Å². The Labute approximate surface area is 452 Å². The number of amides is 4. The van der Waals surface area contributed by atoms with Gasteiger partial charge in [0.05, 0.1) is 49.8 Å². The van der Waals surface area contributed by atoms with Gasteiger partial charge in [-0.05, 0) is 129 Å². The molecule has 12 rings (SSSR count). The maximum absolute atomic E-state index is 16.0. The maximum atomic E-state index is 16.0. The van der Waals surface area contributed by atoms with E-state index in [1.165, 1.54) is 22.2 Å². The van der Waals surface area contributed by atoms with Gasteiger partial charge in [-0.3, -0.25) is 34.1 Å². The molecule has 8 heterocycles. The number of aromatic nitrogens is 3. The van der Waals surface area contributed by atoms with Gasteiger partial charge in [0.15, 0.2) is 5.82 Å². The van der Waals surface area contributed by atoms with Crippen LogP contribution in [-0.4, -0.2) is 155 Å². The Hall–Kier alpha value is -5.80. The molecule has 4 aromatic rings. The number of hydrogen-bond acceptors (Lipinski definition) is 12. The first-order valence-corrected chi connectivity index (χ1v) is 28.2. The zero-order valence-electron chi connectivity index (χ0n) is 44.5.